The largest absolute Gasteiger partial charge is 0.264 e. The molecule has 0 unspecified atom stereocenters. The molecule has 2 heterocycles. The summed E-state index contributed by atoms with van der Waals surface area (Å²) in [6, 6.07) is 7.04. The van der Waals surface area contributed by atoms with Crippen molar-refractivity contribution in [3.63, 3.8) is 0 Å². The van der Waals surface area contributed by atoms with Crippen LogP contribution in [0, 0.1) is 12.7 Å². The lowest BCUT2D eigenvalue weighted by atomic mass is 10.1. The minimum absolute atomic E-state index is 0.0249. The van der Waals surface area contributed by atoms with Crippen LogP contribution in [0.15, 0.2) is 47.6 Å². The molecule has 0 amide bonds. The number of nitrogens with one attached hydrogen (secondary N) is 1. The van der Waals surface area contributed by atoms with Crippen LogP contribution in [0.3, 0.4) is 0 Å². The number of halogens is 3. The number of hydrogen-bond donors (Lipinski definition) is 1. The van der Waals surface area contributed by atoms with E-state index in [1.165, 1.54) is 36.7 Å². The minimum Gasteiger partial charge on any atom is -0.261 e. The first kappa shape index (κ1) is 20.2. The summed E-state index contributed by atoms with van der Waals surface area (Å²) in [7, 11) is -4.09. The molecule has 1 N–H and O–H groups in total. The van der Waals surface area contributed by atoms with Gasteiger partial charge in [0.15, 0.2) is 11.6 Å². The monoisotopic (exact) mass is 438 g/mol. The van der Waals surface area contributed by atoms with Gasteiger partial charge in [0.05, 0.1) is 5.02 Å². The van der Waals surface area contributed by atoms with Crippen molar-refractivity contribution < 1.29 is 12.8 Å². The summed E-state index contributed by atoms with van der Waals surface area (Å²) in [5.41, 5.74) is 1.55. The molecule has 144 valence electrons. The van der Waals surface area contributed by atoms with E-state index < -0.39 is 21.7 Å². The van der Waals surface area contributed by atoms with E-state index in [-0.39, 0.29) is 15.2 Å². The van der Waals surface area contributed by atoms with Gasteiger partial charge < -0.3 is 0 Å². The molecule has 0 fully saturated rings. The Labute approximate surface area is 171 Å². The zero-order valence-electron chi connectivity index (χ0n) is 14.4. The number of sulfonamides is 1. The second kappa shape index (κ2) is 8.22. The molecule has 6 nitrogen and oxygen atoms in total. The first-order valence-corrected chi connectivity index (χ1v) is 10.1. The Kier molecular flexibility index (Phi) is 5.93. The predicted octanol–water partition coefficient (Wildman–Crippen LogP) is 4.60. The Morgan fingerprint density at radius 3 is 2.46 bits per heavy atom. The van der Waals surface area contributed by atoms with Crippen LogP contribution in [0.4, 0.5) is 10.2 Å². The van der Waals surface area contributed by atoms with Crippen LogP contribution >= 0.6 is 23.2 Å². The quantitative estimate of drug-likeness (QED) is 0.588. The molecule has 2 aromatic heterocycles. The molecule has 0 atom stereocenters. The lowest BCUT2D eigenvalue weighted by Crippen LogP contribution is -2.16. The standard InChI is InChI=1S/C18H13Cl2FN4O2S/c1-11-13(7-6-12-9-22-18(20)23-10-12)8-15(21)17(24-11)25-28(26,27)16-5-3-2-4-14(16)19/h2-10H,1H3,(H,24,25)/b7-6+. The van der Waals surface area contributed by atoms with Gasteiger partial charge in [-0.05, 0) is 42.3 Å². The Bertz CT molecular complexity index is 1150. The summed E-state index contributed by atoms with van der Waals surface area (Å²) in [6.45, 7) is 1.63. The van der Waals surface area contributed by atoms with Crippen molar-refractivity contribution in [1.82, 2.24) is 15.0 Å². The van der Waals surface area contributed by atoms with Gasteiger partial charge in [-0.1, -0.05) is 35.9 Å². The van der Waals surface area contributed by atoms with Gasteiger partial charge in [0, 0.05) is 23.7 Å². The third-order valence-corrected chi connectivity index (χ3v) is 5.69. The normalized spacial score (nSPS) is 11.7. The SMILES string of the molecule is Cc1nc(NS(=O)(=O)c2ccccc2Cl)c(F)cc1/C=C/c1cnc(Cl)nc1. The number of benzene rings is 1. The minimum atomic E-state index is -4.09. The van der Waals surface area contributed by atoms with Crippen molar-refractivity contribution in [2.75, 3.05) is 4.72 Å². The van der Waals surface area contributed by atoms with Crippen LogP contribution in [0.2, 0.25) is 10.3 Å². The summed E-state index contributed by atoms with van der Waals surface area (Å²) in [6.07, 6.45) is 6.30. The Hall–Kier alpha value is -2.55. The molecule has 0 saturated carbocycles. The smallest absolute Gasteiger partial charge is 0.261 e. The van der Waals surface area contributed by atoms with Gasteiger partial charge in [-0.2, -0.15) is 0 Å². The number of nitrogens with zero attached hydrogens (tertiary/aromatic N) is 3. The van der Waals surface area contributed by atoms with Crippen LogP contribution in [-0.2, 0) is 10.0 Å². The average Bonchev–Trinajstić information content (AvgIpc) is 2.64. The first-order valence-electron chi connectivity index (χ1n) is 7.86. The maximum Gasteiger partial charge on any atom is 0.264 e. The van der Waals surface area contributed by atoms with Crippen LogP contribution in [0.5, 0.6) is 0 Å². The molecular weight excluding hydrogens is 426 g/mol. The molecule has 0 aliphatic carbocycles. The fourth-order valence-electron chi connectivity index (χ4n) is 2.27. The van der Waals surface area contributed by atoms with E-state index in [1.807, 2.05) is 0 Å². The molecular formula is C18H13Cl2FN4O2S. The molecule has 0 saturated heterocycles. The molecule has 0 radical (unpaired) electrons. The van der Waals surface area contributed by atoms with Gasteiger partial charge in [-0.15, -0.1) is 0 Å². The lowest BCUT2D eigenvalue weighted by molar-refractivity contribution is 0.597. The van der Waals surface area contributed by atoms with E-state index in [2.05, 4.69) is 19.7 Å². The second-order valence-electron chi connectivity index (χ2n) is 5.65. The van der Waals surface area contributed by atoms with Crippen molar-refractivity contribution in [1.29, 1.82) is 0 Å². The number of aryl methyl sites for hydroxylation is 1. The zero-order valence-corrected chi connectivity index (χ0v) is 16.7. The highest BCUT2D eigenvalue weighted by atomic mass is 35.5. The van der Waals surface area contributed by atoms with Crippen LogP contribution in [-0.4, -0.2) is 23.4 Å². The van der Waals surface area contributed by atoms with Crippen molar-refractivity contribution in [3.05, 3.63) is 75.7 Å². The highest BCUT2D eigenvalue weighted by Crippen LogP contribution is 2.25. The zero-order chi connectivity index (χ0) is 20.3. The van der Waals surface area contributed by atoms with E-state index in [4.69, 9.17) is 23.2 Å². The number of rotatable bonds is 5. The van der Waals surface area contributed by atoms with Crippen molar-refractivity contribution in [2.45, 2.75) is 11.8 Å². The van der Waals surface area contributed by atoms with Gasteiger partial charge >= 0.3 is 0 Å². The third kappa shape index (κ3) is 4.64. The topological polar surface area (TPSA) is 84.8 Å². The maximum absolute atomic E-state index is 14.5. The van der Waals surface area contributed by atoms with Gasteiger partial charge in [-0.3, -0.25) is 4.72 Å². The van der Waals surface area contributed by atoms with Crippen molar-refractivity contribution in [3.8, 4) is 0 Å². The molecule has 0 aliphatic rings. The summed E-state index contributed by atoms with van der Waals surface area (Å²) in [5, 5.41) is 0.146. The summed E-state index contributed by atoms with van der Waals surface area (Å²) >= 11 is 11.5. The highest BCUT2D eigenvalue weighted by Gasteiger charge is 2.20. The van der Waals surface area contributed by atoms with Crippen LogP contribution < -0.4 is 4.72 Å². The van der Waals surface area contributed by atoms with Gasteiger partial charge in [0.2, 0.25) is 5.28 Å². The van der Waals surface area contributed by atoms with E-state index in [0.717, 1.165) is 0 Å². The number of pyridine rings is 1. The molecule has 3 rings (SSSR count). The van der Waals surface area contributed by atoms with Crippen LogP contribution in [0.25, 0.3) is 12.2 Å². The molecule has 0 bridgehead atoms. The van der Waals surface area contributed by atoms with E-state index in [9.17, 15) is 12.8 Å². The second-order valence-corrected chi connectivity index (χ2v) is 8.04. The molecule has 3 aromatic rings. The number of anilines is 1. The van der Waals surface area contributed by atoms with Gasteiger partial charge in [0.1, 0.15) is 4.90 Å². The molecule has 1 aromatic carbocycles. The number of aromatic nitrogens is 3. The Balaban J connectivity index is 1.88. The lowest BCUT2D eigenvalue weighted by Gasteiger charge is -2.11. The van der Waals surface area contributed by atoms with E-state index >= 15 is 0 Å². The van der Waals surface area contributed by atoms with Gasteiger partial charge in [-0.25, -0.2) is 27.8 Å². The Morgan fingerprint density at radius 2 is 1.79 bits per heavy atom. The Morgan fingerprint density at radius 1 is 1.11 bits per heavy atom. The summed E-state index contributed by atoms with van der Waals surface area (Å²) in [4.78, 5) is 11.6. The fraction of sp³-hybridized carbons (Fsp3) is 0.0556. The van der Waals surface area contributed by atoms with Crippen LogP contribution in [0.1, 0.15) is 16.8 Å². The summed E-state index contributed by atoms with van der Waals surface area (Å²) < 4.78 is 41.5. The van der Waals surface area contributed by atoms with Gasteiger partial charge in [0.25, 0.3) is 10.0 Å². The fourth-order valence-corrected chi connectivity index (χ4v) is 3.90. The molecule has 0 aliphatic heterocycles. The first-order chi connectivity index (χ1) is 13.3. The average molecular weight is 439 g/mol. The predicted molar refractivity (Wildman–Crippen MR) is 107 cm³/mol. The highest BCUT2D eigenvalue weighted by molar-refractivity contribution is 7.92. The van der Waals surface area contributed by atoms with Crippen molar-refractivity contribution in [2.24, 2.45) is 0 Å². The third-order valence-electron chi connectivity index (χ3n) is 3.66. The van der Waals surface area contributed by atoms with E-state index in [0.29, 0.717) is 16.8 Å². The summed E-state index contributed by atoms with van der Waals surface area (Å²) in [5.74, 6) is -1.24. The molecule has 10 heteroatoms. The molecule has 28 heavy (non-hydrogen) atoms. The maximum atomic E-state index is 14.5. The molecule has 0 spiro atoms. The van der Waals surface area contributed by atoms with E-state index in [1.54, 1.807) is 25.1 Å². The van der Waals surface area contributed by atoms with Crippen molar-refractivity contribution >= 4 is 51.2 Å². The number of hydrogen-bond acceptors (Lipinski definition) is 5.